The van der Waals surface area contributed by atoms with E-state index in [1.165, 1.54) is 7.11 Å². The van der Waals surface area contributed by atoms with E-state index in [2.05, 4.69) is 20.4 Å². The normalized spacial score (nSPS) is 9.83. The number of anilines is 2. The Kier molecular flexibility index (Phi) is 4.14. The number of hydrogen-bond donors (Lipinski definition) is 2. The van der Waals surface area contributed by atoms with Crippen molar-refractivity contribution in [3.05, 3.63) is 40.8 Å². The van der Waals surface area contributed by atoms with E-state index in [1.54, 1.807) is 23.6 Å². The molecule has 0 aliphatic carbocycles. The molecule has 6 heteroatoms. The molecule has 2 rings (SSSR count). The summed E-state index contributed by atoms with van der Waals surface area (Å²) >= 11 is 1.60. The summed E-state index contributed by atoms with van der Waals surface area (Å²) in [5, 5.41) is 8.80. The summed E-state index contributed by atoms with van der Waals surface area (Å²) in [4.78, 5) is 15.3. The molecule has 0 atom stereocenters. The van der Waals surface area contributed by atoms with Crippen molar-refractivity contribution in [2.75, 3.05) is 17.7 Å². The Morgan fingerprint density at radius 2 is 2.28 bits per heavy atom. The predicted molar refractivity (Wildman–Crippen MR) is 71.9 cm³/mol. The fourth-order valence-corrected chi connectivity index (χ4v) is 1.95. The molecule has 0 fully saturated rings. The number of nitrogens with one attached hydrogen (secondary N) is 2. The summed E-state index contributed by atoms with van der Waals surface area (Å²) in [5.74, 6) is 0. The minimum absolute atomic E-state index is 0.480. The maximum atomic E-state index is 11.1. The maximum Gasteiger partial charge on any atom is 0.411 e. The van der Waals surface area contributed by atoms with Crippen molar-refractivity contribution in [3.63, 3.8) is 0 Å². The molecule has 2 aromatic rings. The quantitative estimate of drug-likeness (QED) is 0.890. The van der Waals surface area contributed by atoms with Crippen molar-refractivity contribution in [1.82, 2.24) is 4.98 Å². The topological polar surface area (TPSA) is 63.2 Å². The van der Waals surface area contributed by atoms with E-state index < -0.39 is 6.09 Å². The van der Waals surface area contributed by atoms with Gasteiger partial charge in [0.1, 0.15) is 5.01 Å². The molecule has 0 radical (unpaired) electrons. The maximum absolute atomic E-state index is 11.1. The van der Waals surface area contributed by atoms with Gasteiger partial charge in [-0.05, 0) is 18.2 Å². The SMILES string of the molecule is COC(=O)Nc1cccc(NCc2nccs2)c1. The lowest BCUT2D eigenvalue weighted by atomic mass is 10.3. The van der Waals surface area contributed by atoms with Crippen LogP contribution in [0.4, 0.5) is 16.2 Å². The second-order valence-corrected chi connectivity index (χ2v) is 4.46. The summed E-state index contributed by atoms with van der Waals surface area (Å²) in [7, 11) is 1.33. The fourth-order valence-electron chi connectivity index (χ4n) is 1.39. The Bertz CT molecular complexity index is 514. The second kappa shape index (κ2) is 6.02. The highest BCUT2D eigenvalue weighted by atomic mass is 32.1. The number of carbonyl (C=O) groups is 1. The molecule has 1 aromatic carbocycles. The summed E-state index contributed by atoms with van der Waals surface area (Å²) in [6.07, 6.45) is 1.30. The van der Waals surface area contributed by atoms with Crippen molar-refractivity contribution >= 4 is 28.8 Å². The molecule has 0 spiro atoms. The van der Waals surface area contributed by atoms with Crippen LogP contribution in [0.2, 0.25) is 0 Å². The molecule has 18 heavy (non-hydrogen) atoms. The van der Waals surface area contributed by atoms with Crippen LogP contribution < -0.4 is 10.6 Å². The van der Waals surface area contributed by atoms with Gasteiger partial charge in [-0.2, -0.15) is 0 Å². The van der Waals surface area contributed by atoms with Gasteiger partial charge in [0.2, 0.25) is 0 Å². The smallest absolute Gasteiger partial charge is 0.411 e. The highest BCUT2D eigenvalue weighted by Crippen LogP contribution is 2.16. The zero-order chi connectivity index (χ0) is 12.8. The number of aromatic nitrogens is 1. The highest BCUT2D eigenvalue weighted by molar-refractivity contribution is 7.09. The molecule has 5 nitrogen and oxygen atoms in total. The molecular weight excluding hydrogens is 250 g/mol. The molecule has 0 bridgehead atoms. The fraction of sp³-hybridized carbons (Fsp3) is 0.167. The molecule has 2 N–H and O–H groups in total. The Hall–Kier alpha value is -2.08. The molecule has 0 aliphatic rings. The second-order valence-electron chi connectivity index (χ2n) is 3.48. The molecular formula is C12H13N3O2S. The molecule has 94 valence electrons. The lowest BCUT2D eigenvalue weighted by Crippen LogP contribution is -2.11. The van der Waals surface area contributed by atoms with Crippen LogP contribution in [0, 0.1) is 0 Å². The van der Waals surface area contributed by atoms with Crippen molar-refractivity contribution in [3.8, 4) is 0 Å². The van der Waals surface area contributed by atoms with Gasteiger partial charge in [0.05, 0.1) is 13.7 Å². The number of nitrogens with zero attached hydrogens (tertiary/aromatic N) is 1. The van der Waals surface area contributed by atoms with Crippen molar-refractivity contribution in [2.24, 2.45) is 0 Å². The molecule has 0 saturated carbocycles. The van der Waals surface area contributed by atoms with Crippen LogP contribution in [0.1, 0.15) is 5.01 Å². The van der Waals surface area contributed by atoms with Crippen molar-refractivity contribution < 1.29 is 9.53 Å². The van der Waals surface area contributed by atoms with E-state index >= 15 is 0 Å². The number of amides is 1. The molecule has 0 unspecified atom stereocenters. The van der Waals surface area contributed by atoms with Crippen LogP contribution in [0.5, 0.6) is 0 Å². The number of benzene rings is 1. The minimum Gasteiger partial charge on any atom is -0.453 e. The Balaban J connectivity index is 1.96. The first kappa shape index (κ1) is 12.4. The minimum atomic E-state index is -0.480. The van der Waals surface area contributed by atoms with Crippen LogP contribution in [-0.4, -0.2) is 18.2 Å². The Morgan fingerprint density at radius 3 is 3.00 bits per heavy atom. The van der Waals surface area contributed by atoms with E-state index in [1.807, 2.05) is 23.6 Å². The lowest BCUT2D eigenvalue weighted by Gasteiger charge is -2.07. The van der Waals surface area contributed by atoms with E-state index in [-0.39, 0.29) is 0 Å². The zero-order valence-corrected chi connectivity index (χ0v) is 10.7. The van der Waals surface area contributed by atoms with Crippen LogP contribution in [0.3, 0.4) is 0 Å². The van der Waals surface area contributed by atoms with Crippen LogP contribution in [0.15, 0.2) is 35.8 Å². The van der Waals surface area contributed by atoms with Crippen molar-refractivity contribution in [1.29, 1.82) is 0 Å². The van der Waals surface area contributed by atoms with E-state index in [4.69, 9.17) is 0 Å². The summed E-state index contributed by atoms with van der Waals surface area (Å²) < 4.78 is 4.53. The van der Waals surface area contributed by atoms with Gasteiger partial charge < -0.3 is 10.1 Å². The van der Waals surface area contributed by atoms with Crippen LogP contribution in [0.25, 0.3) is 0 Å². The summed E-state index contributed by atoms with van der Waals surface area (Å²) in [6, 6.07) is 7.42. The zero-order valence-electron chi connectivity index (χ0n) is 9.84. The number of thiazole rings is 1. The Morgan fingerprint density at radius 1 is 1.44 bits per heavy atom. The number of ether oxygens (including phenoxy) is 1. The third-order valence-corrected chi connectivity index (χ3v) is 3.00. The molecule has 0 saturated heterocycles. The van der Waals surface area contributed by atoms with E-state index in [0.717, 1.165) is 10.7 Å². The van der Waals surface area contributed by atoms with E-state index in [9.17, 15) is 4.79 Å². The first-order chi connectivity index (χ1) is 8.78. The number of rotatable bonds is 4. The average Bonchev–Trinajstić information content (AvgIpc) is 2.90. The first-order valence-electron chi connectivity index (χ1n) is 5.35. The highest BCUT2D eigenvalue weighted by Gasteiger charge is 2.01. The van der Waals surface area contributed by atoms with Gasteiger partial charge in [0.15, 0.2) is 0 Å². The molecule has 0 aliphatic heterocycles. The van der Waals surface area contributed by atoms with Crippen LogP contribution >= 0.6 is 11.3 Å². The van der Waals surface area contributed by atoms with E-state index in [0.29, 0.717) is 12.2 Å². The predicted octanol–water partition coefficient (Wildman–Crippen LogP) is 2.93. The average molecular weight is 263 g/mol. The summed E-state index contributed by atoms with van der Waals surface area (Å²) in [6.45, 7) is 0.666. The third kappa shape index (κ3) is 3.46. The standard InChI is InChI=1S/C12H13N3O2S/c1-17-12(16)15-10-4-2-3-9(7-10)14-8-11-13-5-6-18-11/h2-7,14H,8H2,1H3,(H,15,16). The first-order valence-corrected chi connectivity index (χ1v) is 6.23. The Labute approximate surface area is 109 Å². The number of carbonyl (C=O) groups excluding carboxylic acids is 1. The monoisotopic (exact) mass is 263 g/mol. The summed E-state index contributed by atoms with van der Waals surface area (Å²) in [5.41, 5.74) is 1.60. The third-order valence-electron chi connectivity index (χ3n) is 2.22. The molecule has 1 amide bonds. The van der Waals surface area contributed by atoms with Gasteiger partial charge in [-0.25, -0.2) is 9.78 Å². The van der Waals surface area contributed by atoms with Crippen LogP contribution in [-0.2, 0) is 11.3 Å². The largest absolute Gasteiger partial charge is 0.453 e. The molecule has 1 heterocycles. The van der Waals surface area contributed by atoms with Crippen molar-refractivity contribution in [2.45, 2.75) is 6.54 Å². The van der Waals surface area contributed by atoms with Gasteiger partial charge in [-0.3, -0.25) is 5.32 Å². The lowest BCUT2D eigenvalue weighted by molar-refractivity contribution is 0.187. The van der Waals surface area contributed by atoms with Gasteiger partial charge >= 0.3 is 6.09 Å². The number of hydrogen-bond acceptors (Lipinski definition) is 5. The van der Waals surface area contributed by atoms with Gasteiger partial charge in [0, 0.05) is 23.0 Å². The van der Waals surface area contributed by atoms with Gasteiger partial charge in [0.25, 0.3) is 0 Å². The van der Waals surface area contributed by atoms with Gasteiger partial charge in [-0.15, -0.1) is 11.3 Å². The number of methoxy groups -OCH3 is 1. The van der Waals surface area contributed by atoms with Gasteiger partial charge in [-0.1, -0.05) is 6.07 Å². The molecule has 1 aromatic heterocycles.